The van der Waals surface area contributed by atoms with Crippen LogP contribution in [-0.4, -0.2) is 25.6 Å². The molecule has 0 fully saturated rings. The standard InChI is InChI=1S/C10H11NO4/c1-15-6-9(12)11-8-4-2-3-7(5-8)10(13)14/h2-5H,6H2,1H3,(H,11,12)(H,13,14)/p-1. The zero-order chi connectivity index (χ0) is 11.3. The van der Waals surface area contributed by atoms with Crippen molar-refractivity contribution in [2.24, 2.45) is 0 Å². The second-order valence-corrected chi connectivity index (χ2v) is 2.85. The maximum atomic E-state index is 11.1. The maximum absolute atomic E-state index is 11.1. The molecule has 0 saturated carbocycles. The van der Waals surface area contributed by atoms with Crippen LogP contribution in [0.15, 0.2) is 24.3 Å². The van der Waals surface area contributed by atoms with Gasteiger partial charge < -0.3 is 20.0 Å². The quantitative estimate of drug-likeness (QED) is 0.732. The molecule has 1 rings (SSSR count). The Hall–Kier alpha value is -1.88. The van der Waals surface area contributed by atoms with Gasteiger partial charge in [-0.2, -0.15) is 0 Å². The van der Waals surface area contributed by atoms with Crippen LogP contribution in [0.2, 0.25) is 0 Å². The molecule has 80 valence electrons. The Labute approximate surface area is 86.7 Å². The molecule has 0 aliphatic heterocycles. The predicted molar refractivity (Wildman–Crippen MR) is 51.3 cm³/mol. The first-order valence-electron chi connectivity index (χ1n) is 4.23. The number of aromatic carboxylic acids is 1. The van der Waals surface area contributed by atoms with E-state index in [1.165, 1.54) is 25.3 Å². The summed E-state index contributed by atoms with van der Waals surface area (Å²) in [5, 5.41) is 13.0. The number of nitrogens with one attached hydrogen (secondary N) is 1. The molecule has 5 heteroatoms. The molecular weight excluding hydrogens is 198 g/mol. The Morgan fingerprint density at radius 3 is 2.80 bits per heavy atom. The van der Waals surface area contributed by atoms with Crippen molar-refractivity contribution in [3.05, 3.63) is 29.8 Å². The molecule has 1 aromatic rings. The summed E-state index contributed by atoms with van der Waals surface area (Å²) in [6, 6.07) is 5.82. The van der Waals surface area contributed by atoms with Crippen molar-refractivity contribution < 1.29 is 19.4 Å². The smallest absolute Gasteiger partial charge is 0.250 e. The van der Waals surface area contributed by atoms with E-state index in [9.17, 15) is 14.7 Å². The number of hydrogen-bond donors (Lipinski definition) is 1. The fraction of sp³-hybridized carbons (Fsp3) is 0.200. The highest BCUT2D eigenvalue weighted by Gasteiger charge is 2.01. The summed E-state index contributed by atoms with van der Waals surface area (Å²) in [5.41, 5.74) is 0.420. The van der Waals surface area contributed by atoms with Crippen molar-refractivity contribution >= 4 is 17.6 Å². The lowest BCUT2D eigenvalue weighted by atomic mass is 10.2. The molecule has 1 N–H and O–H groups in total. The lowest BCUT2D eigenvalue weighted by molar-refractivity contribution is -0.255. The molecule has 0 unspecified atom stereocenters. The summed E-state index contributed by atoms with van der Waals surface area (Å²) in [6.07, 6.45) is 0. The minimum absolute atomic E-state index is 0.0187. The van der Waals surface area contributed by atoms with E-state index < -0.39 is 5.97 Å². The van der Waals surface area contributed by atoms with Gasteiger partial charge in [-0.25, -0.2) is 0 Å². The Morgan fingerprint density at radius 2 is 2.20 bits per heavy atom. The number of methoxy groups -OCH3 is 1. The number of benzene rings is 1. The predicted octanol–water partition coefficient (Wildman–Crippen LogP) is -0.365. The van der Waals surface area contributed by atoms with E-state index in [2.05, 4.69) is 10.1 Å². The van der Waals surface area contributed by atoms with Gasteiger partial charge in [-0.3, -0.25) is 4.79 Å². The lowest BCUT2D eigenvalue weighted by Crippen LogP contribution is -2.23. The second-order valence-electron chi connectivity index (χ2n) is 2.85. The summed E-state index contributed by atoms with van der Waals surface area (Å²) in [4.78, 5) is 21.6. The molecule has 0 atom stereocenters. The van der Waals surface area contributed by atoms with E-state index in [0.717, 1.165) is 0 Å². The van der Waals surface area contributed by atoms with E-state index in [1.54, 1.807) is 6.07 Å². The van der Waals surface area contributed by atoms with Crippen molar-refractivity contribution in [3.63, 3.8) is 0 Å². The van der Waals surface area contributed by atoms with Crippen molar-refractivity contribution in [3.8, 4) is 0 Å². The van der Waals surface area contributed by atoms with Crippen LogP contribution in [-0.2, 0) is 9.53 Å². The summed E-state index contributed by atoms with van der Waals surface area (Å²) in [6.45, 7) is -0.0739. The van der Waals surface area contributed by atoms with E-state index in [1.807, 2.05) is 0 Å². The van der Waals surface area contributed by atoms with Gasteiger partial charge in [0.05, 0.1) is 5.97 Å². The van der Waals surface area contributed by atoms with Crippen LogP contribution in [0.25, 0.3) is 0 Å². The Balaban J connectivity index is 2.73. The fourth-order valence-corrected chi connectivity index (χ4v) is 1.05. The molecule has 0 bridgehead atoms. The molecule has 1 amide bonds. The zero-order valence-electron chi connectivity index (χ0n) is 8.15. The van der Waals surface area contributed by atoms with Crippen LogP contribution >= 0.6 is 0 Å². The van der Waals surface area contributed by atoms with Gasteiger partial charge in [0.1, 0.15) is 6.61 Å². The molecule has 0 aliphatic carbocycles. The highest BCUT2D eigenvalue weighted by Crippen LogP contribution is 2.09. The van der Waals surface area contributed by atoms with Gasteiger partial charge in [-0.05, 0) is 17.7 Å². The van der Waals surface area contributed by atoms with E-state index in [4.69, 9.17) is 0 Å². The first-order chi connectivity index (χ1) is 7.13. The monoisotopic (exact) mass is 208 g/mol. The van der Waals surface area contributed by atoms with Crippen LogP contribution in [0, 0.1) is 0 Å². The summed E-state index contributed by atoms with van der Waals surface area (Å²) >= 11 is 0. The molecule has 0 saturated heterocycles. The Bertz CT molecular complexity index is 375. The summed E-state index contributed by atoms with van der Waals surface area (Å²) in [7, 11) is 1.40. The number of ether oxygens (including phenoxy) is 1. The SMILES string of the molecule is COCC(=O)Nc1cccc(C(=O)[O-])c1. The minimum atomic E-state index is -1.28. The van der Waals surface area contributed by atoms with E-state index in [0.29, 0.717) is 5.69 Å². The largest absolute Gasteiger partial charge is 0.545 e. The van der Waals surface area contributed by atoms with Gasteiger partial charge in [0.15, 0.2) is 0 Å². The fourth-order valence-electron chi connectivity index (χ4n) is 1.05. The Kier molecular flexibility index (Phi) is 3.82. The molecule has 0 heterocycles. The number of amides is 1. The highest BCUT2D eigenvalue weighted by molar-refractivity contribution is 5.93. The molecule has 0 aromatic heterocycles. The number of carboxylic acid groups (broad SMARTS) is 1. The third-order valence-corrected chi connectivity index (χ3v) is 1.66. The third-order valence-electron chi connectivity index (χ3n) is 1.66. The van der Waals surface area contributed by atoms with Gasteiger partial charge in [-0.1, -0.05) is 12.1 Å². The molecule has 0 aliphatic rings. The van der Waals surface area contributed by atoms with E-state index in [-0.39, 0.29) is 18.1 Å². The van der Waals surface area contributed by atoms with Crippen molar-refractivity contribution in [2.75, 3.05) is 19.0 Å². The maximum Gasteiger partial charge on any atom is 0.250 e. The van der Waals surface area contributed by atoms with Crippen LogP contribution in [0.1, 0.15) is 10.4 Å². The topological polar surface area (TPSA) is 78.5 Å². The number of carbonyl (C=O) groups excluding carboxylic acids is 2. The van der Waals surface area contributed by atoms with Crippen molar-refractivity contribution in [1.82, 2.24) is 0 Å². The van der Waals surface area contributed by atoms with Crippen LogP contribution < -0.4 is 10.4 Å². The summed E-state index contributed by atoms with van der Waals surface area (Å²) in [5.74, 6) is -1.62. The second kappa shape index (κ2) is 5.11. The van der Waals surface area contributed by atoms with Gasteiger partial charge in [0, 0.05) is 12.8 Å². The van der Waals surface area contributed by atoms with Gasteiger partial charge in [-0.15, -0.1) is 0 Å². The zero-order valence-corrected chi connectivity index (χ0v) is 8.15. The number of carbonyl (C=O) groups is 2. The lowest BCUT2D eigenvalue weighted by Gasteiger charge is -2.07. The molecule has 15 heavy (non-hydrogen) atoms. The van der Waals surface area contributed by atoms with Gasteiger partial charge in [0.25, 0.3) is 0 Å². The number of carboxylic acids is 1. The van der Waals surface area contributed by atoms with Gasteiger partial charge >= 0.3 is 0 Å². The molecule has 0 radical (unpaired) electrons. The molecule has 5 nitrogen and oxygen atoms in total. The average molecular weight is 208 g/mol. The Morgan fingerprint density at radius 1 is 1.47 bits per heavy atom. The first kappa shape index (κ1) is 11.2. The van der Waals surface area contributed by atoms with E-state index >= 15 is 0 Å². The minimum Gasteiger partial charge on any atom is -0.545 e. The average Bonchev–Trinajstić information content (AvgIpc) is 2.18. The number of rotatable bonds is 4. The van der Waals surface area contributed by atoms with Crippen LogP contribution in [0.4, 0.5) is 5.69 Å². The first-order valence-corrected chi connectivity index (χ1v) is 4.23. The summed E-state index contributed by atoms with van der Waals surface area (Å²) < 4.78 is 4.61. The number of hydrogen-bond acceptors (Lipinski definition) is 4. The van der Waals surface area contributed by atoms with Crippen molar-refractivity contribution in [1.29, 1.82) is 0 Å². The number of anilines is 1. The molecule has 1 aromatic carbocycles. The van der Waals surface area contributed by atoms with Crippen LogP contribution in [0.3, 0.4) is 0 Å². The molecule has 0 spiro atoms. The normalized spacial score (nSPS) is 9.67. The van der Waals surface area contributed by atoms with Gasteiger partial charge in [0.2, 0.25) is 5.91 Å². The van der Waals surface area contributed by atoms with Crippen LogP contribution in [0.5, 0.6) is 0 Å². The van der Waals surface area contributed by atoms with Crippen molar-refractivity contribution in [2.45, 2.75) is 0 Å². The molecular formula is C10H10NO4-. The third kappa shape index (κ3) is 3.40. The highest BCUT2D eigenvalue weighted by atomic mass is 16.5.